The molecular weight excluding hydrogens is 538 g/mol. The van der Waals surface area contributed by atoms with Crippen molar-refractivity contribution in [2.75, 3.05) is 11.1 Å². The molecule has 0 spiro atoms. The number of aromatic nitrogens is 3. The minimum Gasteiger partial charge on any atom is -0.482 e. The second kappa shape index (κ2) is 12.9. The topological polar surface area (TPSA) is 138 Å². The van der Waals surface area contributed by atoms with Gasteiger partial charge in [0.25, 0.3) is 5.91 Å². The van der Waals surface area contributed by atoms with Gasteiger partial charge in [-0.3, -0.25) is 14.2 Å². The van der Waals surface area contributed by atoms with Crippen molar-refractivity contribution < 1.29 is 23.9 Å². The van der Waals surface area contributed by atoms with Crippen molar-refractivity contribution in [2.24, 2.45) is 5.73 Å². The Hall–Kier alpha value is -3.64. The molecule has 0 fully saturated rings. The molecule has 2 amide bonds. The van der Waals surface area contributed by atoms with Gasteiger partial charge >= 0.3 is 5.97 Å². The summed E-state index contributed by atoms with van der Waals surface area (Å²) in [5.74, 6) is -0.399. The molecule has 1 unspecified atom stereocenters. The molecular formula is C27H33N5O5S2. The number of benzene rings is 1. The standard InChI is InChI=1S/C27H33N5O5S2/c1-8-11-32-24(18(7)37-19-10-9-15(4)12-16(19)5)30-31-27(32)38-13-20(33)29-25-21(26(35)36-14(2)3)17(6)22(39-25)23(28)34/h8-10,12,14,18H,1,11,13H2,2-7H3,(H2,28,34)(H,29,33). The number of esters is 1. The number of thiophene rings is 1. The SMILES string of the molecule is C=CCn1c(SCC(=O)Nc2sc(C(N)=O)c(C)c2C(=O)OC(C)C)nnc1C(C)Oc1ccc(C)cc1C. The number of nitrogens with two attached hydrogens (primary N) is 1. The molecule has 0 saturated heterocycles. The number of hydrogen-bond donors (Lipinski definition) is 2. The van der Waals surface area contributed by atoms with Crippen molar-refractivity contribution in [3.05, 3.63) is 63.8 Å². The number of hydrogen-bond acceptors (Lipinski definition) is 9. The fourth-order valence-electron chi connectivity index (χ4n) is 3.83. The molecule has 0 aliphatic rings. The highest BCUT2D eigenvalue weighted by Gasteiger charge is 2.27. The van der Waals surface area contributed by atoms with Crippen LogP contribution in [0.15, 0.2) is 36.0 Å². The van der Waals surface area contributed by atoms with E-state index in [0.29, 0.717) is 23.1 Å². The third-order valence-corrected chi connectivity index (χ3v) is 7.75. The van der Waals surface area contributed by atoms with Crippen LogP contribution in [0.1, 0.15) is 69.4 Å². The van der Waals surface area contributed by atoms with E-state index in [0.717, 1.165) is 28.2 Å². The van der Waals surface area contributed by atoms with Gasteiger partial charge in [0.1, 0.15) is 10.8 Å². The maximum absolute atomic E-state index is 12.9. The number of thioether (sulfide) groups is 1. The van der Waals surface area contributed by atoms with Crippen LogP contribution in [-0.4, -0.2) is 44.4 Å². The minimum atomic E-state index is -0.687. The highest BCUT2D eigenvalue weighted by Crippen LogP contribution is 2.34. The molecule has 0 radical (unpaired) electrons. The zero-order valence-electron chi connectivity index (χ0n) is 22.9. The number of nitrogens with one attached hydrogen (secondary N) is 1. The summed E-state index contributed by atoms with van der Waals surface area (Å²) in [7, 11) is 0. The first-order valence-corrected chi connectivity index (χ1v) is 14.1. The van der Waals surface area contributed by atoms with Crippen molar-refractivity contribution in [2.45, 2.75) is 65.5 Å². The zero-order chi connectivity index (χ0) is 28.9. The van der Waals surface area contributed by atoms with Crippen LogP contribution >= 0.6 is 23.1 Å². The number of nitrogens with zero attached hydrogens (tertiary/aromatic N) is 3. The van der Waals surface area contributed by atoms with E-state index >= 15 is 0 Å². The summed E-state index contributed by atoms with van der Waals surface area (Å²) in [4.78, 5) is 37.6. The maximum Gasteiger partial charge on any atom is 0.341 e. The lowest BCUT2D eigenvalue weighted by molar-refractivity contribution is -0.113. The Labute approximate surface area is 236 Å². The van der Waals surface area contributed by atoms with E-state index in [4.69, 9.17) is 15.2 Å². The molecule has 39 heavy (non-hydrogen) atoms. The first-order chi connectivity index (χ1) is 18.4. The van der Waals surface area contributed by atoms with E-state index in [1.54, 1.807) is 26.8 Å². The summed E-state index contributed by atoms with van der Waals surface area (Å²) < 4.78 is 13.3. The van der Waals surface area contributed by atoms with E-state index in [2.05, 4.69) is 22.1 Å². The van der Waals surface area contributed by atoms with Crippen LogP contribution in [0.5, 0.6) is 5.75 Å². The lowest BCUT2D eigenvalue weighted by Gasteiger charge is -2.17. The molecule has 3 N–H and O–H groups in total. The molecule has 3 rings (SSSR count). The molecule has 0 bridgehead atoms. The Morgan fingerprint density at radius 2 is 1.92 bits per heavy atom. The number of anilines is 1. The Bertz CT molecular complexity index is 1400. The molecule has 10 nitrogen and oxygen atoms in total. The number of primary amides is 1. The van der Waals surface area contributed by atoms with Gasteiger partial charge in [-0.25, -0.2) is 4.79 Å². The summed E-state index contributed by atoms with van der Waals surface area (Å²) in [5.41, 5.74) is 8.12. The highest BCUT2D eigenvalue weighted by molar-refractivity contribution is 7.99. The van der Waals surface area contributed by atoms with Crippen LogP contribution in [0, 0.1) is 20.8 Å². The normalized spacial score (nSPS) is 11.8. The van der Waals surface area contributed by atoms with E-state index in [9.17, 15) is 14.4 Å². The number of ether oxygens (including phenoxy) is 2. The van der Waals surface area contributed by atoms with Gasteiger partial charge in [0, 0.05) is 6.54 Å². The van der Waals surface area contributed by atoms with Crippen LogP contribution in [0.25, 0.3) is 0 Å². The van der Waals surface area contributed by atoms with Gasteiger partial charge in [-0.2, -0.15) is 0 Å². The number of carbonyl (C=O) groups excluding carboxylic acids is 3. The average molecular weight is 572 g/mol. The third-order valence-electron chi connectivity index (χ3n) is 5.56. The monoisotopic (exact) mass is 571 g/mol. The van der Waals surface area contributed by atoms with Gasteiger partial charge < -0.3 is 20.5 Å². The number of rotatable bonds is 12. The van der Waals surface area contributed by atoms with Crippen molar-refractivity contribution >= 4 is 45.9 Å². The predicted molar refractivity (Wildman–Crippen MR) is 153 cm³/mol. The van der Waals surface area contributed by atoms with Crippen LogP contribution in [0.2, 0.25) is 0 Å². The summed E-state index contributed by atoms with van der Waals surface area (Å²) >= 11 is 2.12. The maximum atomic E-state index is 12.9. The molecule has 2 heterocycles. The van der Waals surface area contributed by atoms with Gasteiger partial charge in [-0.15, -0.1) is 28.1 Å². The van der Waals surface area contributed by atoms with Gasteiger partial charge in [0.05, 0.1) is 22.3 Å². The molecule has 2 aromatic heterocycles. The second-order valence-electron chi connectivity index (χ2n) is 9.18. The lowest BCUT2D eigenvalue weighted by atomic mass is 10.1. The van der Waals surface area contributed by atoms with Crippen LogP contribution in [0.4, 0.5) is 5.00 Å². The first kappa shape index (κ1) is 29.9. The molecule has 0 saturated carbocycles. The second-order valence-corrected chi connectivity index (χ2v) is 11.1. The van der Waals surface area contributed by atoms with E-state index in [-0.39, 0.29) is 27.3 Å². The minimum absolute atomic E-state index is 0.0247. The molecule has 1 atom stereocenters. The molecule has 0 aliphatic carbocycles. The Balaban J connectivity index is 1.76. The van der Waals surface area contributed by atoms with Crippen LogP contribution in [0.3, 0.4) is 0 Å². The van der Waals surface area contributed by atoms with Crippen molar-refractivity contribution in [3.8, 4) is 5.75 Å². The summed E-state index contributed by atoms with van der Waals surface area (Å²) in [6.45, 7) is 15.2. The molecule has 0 aliphatic heterocycles. The molecule has 12 heteroatoms. The largest absolute Gasteiger partial charge is 0.482 e. The van der Waals surface area contributed by atoms with E-state index < -0.39 is 23.9 Å². The first-order valence-electron chi connectivity index (χ1n) is 12.3. The fraction of sp³-hybridized carbons (Fsp3) is 0.370. The summed E-state index contributed by atoms with van der Waals surface area (Å²) in [6, 6.07) is 5.96. The zero-order valence-corrected chi connectivity index (χ0v) is 24.5. The Morgan fingerprint density at radius 1 is 1.21 bits per heavy atom. The van der Waals surface area contributed by atoms with Crippen LogP contribution in [-0.2, 0) is 16.1 Å². The van der Waals surface area contributed by atoms with Crippen LogP contribution < -0.4 is 15.8 Å². The van der Waals surface area contributed by atoms with Crippen molar-refractivity contribution in [1.82, 2.24) is 14.8 Å². The van der Waals surface area contributed by atoms with Crippen molar-refractivity contribution in [3.63, 3.8) is 0 Å². The lowest BCUT2D eigenvalue weighted by Crippen LogP contribution is -2.18. The quantitative estimate of drug-likeness (QED) is 0.176. The smallest absolute Gasteiger partial charge is 0.341 e. The van der Waals surface area contributed by atoms with E-state index in [1.165, 1.54) is 11.8 Å². The van der Waals surface area contributed by atoms with Gasteiger partial charge in [0.15, 0.2) is 17.1 Å². The van der Waals surface area contributed by atoms with E-state index in [1.807, 2.05) is 43.5 Å². The van der Waals surface area contributed by atoms with Crippen molar-refractivity contribution in [1.29, 1.82) is 0 Å². The van der Waals surface area contributed by atoms with Gasteiger partial charge in [-0.05, 0) is 58.7 Å². The number of carbonyl (C=O) groups is 3. The third kappa shape index (κ3) is 7.27. The summed E-state index contributed by atoms with van der Waals surface area (Å²) in [6.07, 6.45) is 0.935. The molecule has 1 aromatic carbocycles. The number of allylic oxidation sites excluding steroid dienone is 1. The highest BCUT2D eigenvalue weighted by atomic mass is 32.2. The van der Waals surface area contributed by atoms with Gasteiger partial charge in [0.2, 0.25) is 5.91 Å². The average Bonchev–Trinajstić information content (AvgIpc) is 3.39. The van der Waals surface area contributed by atoms with Gasteiger partial charge in [-0.1, -0.05) is 35.5 Å². The Morgan fingerprint density at radius 3 is 2.54 bits per heavy atom. The number of amides is 2. The Kier molecular flexibility index (Phi) is 9.92. The number of aryl methyl sites for hydroxylation is 2. The fourth-order valence-corrected chi connectivity index (χ4v) is 5.65. The molecule has 208 valence electrons. The predicted octanol–water partition coefficient (Wildman–Crippen LogP) is 4.99. The summed E-state index contributed by atoms with van der Waals surface area (Å²) in [5, 5.41) is 12.0. The molecule has 3 aromatic rings.